The Kier molecular flexibility index (Phi) is 7.26. The summed E-state index contributed by atoms with van der Waals surface area (Å²) >= 11 is 0. The monoisotopic (exact) mass is 445 g/mol. The summed E-state index contributed by atoms with van der Waals surface area (Å²) in [6.07, 6.45) is 6.85. The van der Waals surface area contributed by atoms with Crippen LogP contribution in [0.1, 0.15) is 42.4 Å². The predicted molar refractivity (Wildman–Crippen MR) is 127 cm³/mol. The summed E-state index contributed by atoms with van der Waals surface area (Å²) in [4.78, 5) is 31.3. The van der Waals surface area contributed by atoms with Crippen LogP contribution < -0.4 is 9.64 Å². The van der Waals surface area contributed by atoms with Crippen LogP contribution in [0.2, 0.25) is 0 Å². The molecule has 0 aliphatic carbocycles. The lowest BCUT2D eigenvalue weighted by molar-refractivity contribution is 0.103. The largest absolute Gasteiger partial charge is 0.436 e. The summed E-state index contributed by atoms with van der Waals surface area (Å²) in [6, 6.07) is 14.6. The van der Waals surface area contributed by atoms with Crippen molar-refractivity contribution in [2.24, 2.45) is 0 Å². The predicted octanol–water partition coefficient (Wildman–Crippen LogP) is 4.37. The maximum atomic E-state index is 12.8. The van der Waals surface area contributed by atoms with Crippen molar-refractivity contribution in [2.75, 3.05) is 24.6 Å². The van der Waals surface area contributed by atoms with E-state index < -0.39 is 0 Å². The number of imidazole rings is 1. The first-order valence-electron chi connectivity index (χ1n) is 11.1. The topological polar surface area (TPSA) is 104 Å². The van der Waals surface area contributed by atoms with E-state index in [9.17, 15) is 4.79 Å². The van der Waals surface area contributed by atoms with Gasteiger partial charge in [-0.1, -0.05) is 12.1 Å². The average Bonchev–Trinajstić information content (AvgIpc) is 3.30. The zero-order valence-electron chi connectivity index (χ0n) is 18.6. The highest BCUT2D eigenvalue weighted by Crippen LogP contribution is 2.30. The van der Waals surface area contributed by atoms with Crippen LogP contribution in [-0.2, 0) is 0 Å². The average molecular weight is 446 g/mol. The zero-order chi connectivity index (χ0) is 23.0. The fourth-order valence-corrected chi connectivity index (χ4v) is 3.70. The molecule has 5 rings (SSSR count). The van der Waals surface area contributed by atoms with E-state index in [1.807, 2.05) is 24.3 Å². The second-order valence-electron chi connectivity index (χ2n) is 7.61. The Hall–Kier alpha value is -3.78. The van der Waals surface area contributed by atoms with Crippen molar-refractivity contribution in [1.82, 2.24) is 19.9 Å². The minimum absolute atomic E-state index is 0.161. The molecule has 0 bridgehead atoms. The summed E-state index contributed by atoms with van der Waals surface area (Å²) in [5.41, 5.74) is 2.15. The molecule has 8 heteroatoms. The third-order valence-electron chi connectivity index (χ3n) is 5.24. The number of para-hydroxylation sites is 2. The van der Waals surface area contributed by atoms with Crippen molar-refractivity contribution >= 4 is 22.6 Å². The first-order valence-corrected chi connectivity index (χ1v) is 11.1. The van der Waals surface area contributed by atoms with Crippen molar-refractivity contribution in [3.63, 3.8) is 0 Å². The number of ether oxygens (including phenoxy) is 1. The van der Waals surface area contributed by atoms with Crippen molar-refractivity contribution in [1.29, 1.82) is 0 Å². The first-order chi connectivity index (χ1) is 16.2. The Morgan fingerprint density at radius 1 is 1.03 bits per heavy atom. The van der Waals surface area contributed by atoms with Gasteiger partial charge >= 0.3 is 0 Å². The molecule has 0 atom stereocenters. The quantitative estimate of drug-likeness (QED) is 0.440. The van der Waals surface area contributed by atoms with Crippen molar-refractivity contribution in [3.8, 4) is 11.6 Å². The number of nitrogens with one attached hydrogen (secondary N) is 1. The standard InChI is InChI=1S/C23H21N5O2.C2H6O/c29-20(21-26-18-6-2-3-7-19(18)27-21)16-8-10-17(11-9-16)30-23-22(24-12-13-25-23)28-14-4-1-5-15-28;1-2-3/h2-3,6-13H,1,4-5,14-15H2,(H,26,27);3H,2H2,1H3. The fraction of sp³-hybridized carbons (Fsp3) is 0.280. The normalized spacial score (nSPS) is 13.3. The molecule has 2 aromatic carbocycles. The third kappa shape index (κ3) is 5.35. The van der Waals surface area contributed by atoms with Crippen LogP contribution in [0.5, 0.6) is 11.6 Å². The van der Waals surface area contributed by atoms with E-state index in [-0.39, 0.29) is 12.4 Å². The Morgan fingerprint density at radius 3 is 2.45 bits per heavy atom. The van der Waals surface area contributed by atoms with Gasteiger partial charge < -0.3 is 19.7 Å². The van der Waals surface area contributed by atoms with Gasteiger partial charge in [0.1, 0.15) is 5.75 Å². The number of fused-ring (bicyclic) bond motifs is 1. The van der Waals surface area contributed by atoms with Crippen LogP contribution in [0, 0.1) is 0 Å². The molecule has 0 unspecified atom stereocenters. The maximum Gasteiger partial charge on any atom is 0.263 e. The molecular weight excluding hydrogens is 418 g/mol. The van der Waals surface area contributed by atoms with Crippen molar-refractivity contribution in [3.05, 3.63) is 72.3 Å². The molecule has 4 aromatic rings. The van der Waals surface area contributed by atoms with Crippen molar-refractivity contribution in [2.45, 2.75) is 26.2 Å². The van der Waals surface area contributed by atoms with Crippen LogP contribution in [0.15, 0.2) is 60.9 Å². The number of carbonyl (C=O) groups is 1. The summed E-state index contributed by atoms with van der Waals surface area (Å²) in [6.45, 7) is 3.85. The van der Waals surface area contributed by atoms with Gasteiger partial charge in [-0.2, -0.15) is 0 Å². The van der Waals surface area contributed by atoms with E-state index in [4.69, 9.17) is 9.84 Å². The molecule has 0 amide bonds. The number of carbonyl (C=O) groups excluding carboxylic acids is 1. The van der Waals surface area contributed by atoms with Crippen LogP contribution in [0.4, 0.5) is 5.82 Å². The van der Waals surface area contributed by atoms with Gasteiger partial charge in [-0.05, 0) is 62.6 Å². The zero-order valence-corrected chi connectivity index (χ0v) is 18.6. The van der Waals surface area contributed by atoms with Crippen LogP contribution in [0.3, 0.4) is 0 Å². The summed E-state index contributed by atoms with van der Waals surface area (Å²) in [5.74, 6) is 2.02. The third-order valence-corrected chi connectivity index (χ3v) is 5.24. The number of nitrogens with zero attached hydrogens (tertiary/aromatic N) is 4. The first kappa shape index (κ1) is 22.4. The number of aliphatic hydroxyl groups is 1. The molecule has 8 nitrogen and oxygen atoms in total. The molecule has 0 radical (unpaired) electrons. The Balaban J connectivity index is 0.000000821. The molecule has 1 saturated heterocycles. The molecule has 2 aromatic heterocycles. The van der Waals surface area contributed by atoms with E-state index in [0.717, 1.165) is 42.8 Å². The molecule has 1 fully saturated rings. The minimum Gasteiger partial charge on any atom is -0.436 e. The van der Waals surface area contributed by atoms with Gasteiger partial charge in [-0.3, -0.25) is 4.79 Å². The summed E-state index contributed by atoms with van der Waals surface area (Å²) < 4.78 is 6.00. The van der Waals surface area contributed by atoms with Gasteiger partial charge in [0.25, 0.3) is 5.88 Å². The number of H-pyrrole nitrogens is 1. The number of hydrogen-bond donors (Lipinski definition) is 2. The second-order valence-corrected chi connectivity index (χ2v) is 7.61. The molecule has 33 heavy (non-hydrogen) atoms. The Morgan fingerprint density at radius 2 is 1.73 bits per heavy atom. The van der Waals surface area contributed by atoms with Gasteiger partial charge in [-0.25, -0.2) is 15.0 Å². The van der Waals surface area contributed by atoms with Gasteiger partial charge in [-0.15, -0.1) is 0 Å². The van der Waals surface area contributed by atoms with Gasteiger partial charge in [0.15, 0.2) is 11.6 Å². The lowest BCUT2D eigenvalue weighted by Crippen LogP contribution is -2.30. The van der Waals surface area contributed by atoms with E-state index in [1.165, 1.54) is 6.42 Å². The van der Waals surface area contributed by atoms with Crippen LogP contribution >= 0.6 is 0 Å². The lowest BCUT2D eigenvalue weighted by atomic mass is 10.1. The molecule has 2 N–H and O–H groups in total. The van der Waals surface area contributed by atoms with E-state index in [0.29, 0.717) is 23.0 Å². The minimum atomic E-state index is -0.161. The highest BCUT2D eigenvalue weighted by Gasteiger charge is 2.19. The molecule has 1 aliphatic heterocycles. The Bertz CT molecular complexity index is 1170. The van der Waals surface area contributed by atoms with Gasteiger partial charge in [0, 0.05) is 37.7 Å². The van der Waals surface area contributed by atoms with Crippen LogP contribution in [-0.4, -0.2) is 50.5 Å². The maximum absolute atomic E-state index is 12.8. The summed E-state index contributed by atoms with van der Waals surface area (Å²) in [5, 5.41) is 7.57. The highest BCUT2D eigenvalue weighted by atomic mass is 16.5. The highest BCUT2D eigenvalue weighted by molar-refractivity contribution is 6.08. The number of anilines is 1. The van der Waals surface area contributed by atoms with Crippen LogP contribution in [0.25, 0.3) is 11.0 Å². The number of aliphatic hydroxyl groups excluding tert-OH is 1. The summed E-state index contributed by atoms with van der Waals surface area (Å²) in [7, 11) is 0. The number of aromatic nitrogens is 4. The molecule has 0 spiro atoms. The van der Waals surface area contributed by atoms with E-state index in [1.54, 1.807) is 43.6 Å². The SMILES string of the molecule is CCO.O=C(c1ccc(Oc2nccnc2N2CCCCC2)cc1)c1nc2ccccc2[nH]1. The molecule has 1 aliphatic rings. The van der Waals surface area contributed by atoms with E-state index >= 15 is 0 Å². The lowest BCUT2D eigenvalue weighted by Gasteiger charge is -2.28. The number of ketones is 1. The number of rotatable bonds is 5. The van der Waals surface area contributed by atoms with E-state index in [2.05, 4.69) is 24.8 Å². The Labute approximate surface area is 192 Å². The number of piperidine rings is 1. The van der Waals surface area contributed by atoms with Crippen molar-refractivity contribution < 1.29 is 14.6 Å². The molecule has 3 heterocycles. The number of benzene rings is 2. The molecule has 0 saturated carbocycles. The second kappa shape index (κ2) is 10.7. The smallest absolute Gasteiger partial charge is 0.263 e. The van der Waals surface area contributed by atoms with Gasteiger partial charge in [0.2, 0.25) is 5.78 Å². The van der Waals surface area contributed by atoms with Gasteiger partial charge in [0.05, 0.1) is 11.0 Å². The number of hydrogen-bond acceptors (Lipinski definition) is 7. The molecule has 170 valence electrons. The molecular formula is C25H27N5O3. The number of aromatic amines is 1. The fourth-order valence-electron chi connectivity index (χ4n) is 3.70.